The molecule has 114 valence electrons. The Labute approximate surface area is 134 Å². The van der Waals surface area contributed by atoms with Crippen molar-refractivity contribution in [1.82, 2.24) is 9.36 Å². The van der Waals surface area contributed by atoms with Gasteiger partial charge in [-0.25, -0.2) is 4.98 Å². The molecule has 2 unspecified atom stereocenters. The van der Waals surface area contributed by atoms with E-state index in [9.17, 15) is 0 Å². The van der Waals surface area contributed by atoms with Crippen LogP contribution in [0, 0.1) is 18.8 Å². The molecule has 0 spiro atoms. The van der Waals surface area contributed by atoms with E-state index in [1.807, 2.05) is 6.92 Å². The molecular formula is C15H22N4S2. The second-order valence-electron chi connectivity index (χ2n) is 6.04. The molecule has 1 saturated carbocycles. The van der Waals surface area contributed by atoms with Gasteiger partial charge in [0.05, 0.1) is 16.3 Å². The molecule has 2 heterocycles. The predicted molar refractivity (Wildman–Crippen MR) is 92.0 cm³/mol. The van der Waals surface area contributed by atoms with Gasteiger partial charge in [-0.3, -0.25) is 0 Å². The molecule has 0 radical (unpaired) electrons. The quantitative estimate of drug-likeness (QED) is 0.876. The average molecular weight is 323 g/mol. The van der Waals surface area contributed by atoms with Crippen LogP contribution in [0.2, 0.25) is 0 Å². The second-order valence-corrected chi connectivity index (χ2v) is 7.88. The van der Waals surface area contributed by atoms with Gasteiger partial charge in [0.15, 0.2) is 0 Å². The minimum Gasteiger partial charge on any atom is -0.382 e. The minimum absolute atomic E-state index is 0.588. The Balaban J connectivity index is 1.71. The molecule has 1 aliphatic carbocycles. The number of nitrogens with one attached hydrogen (secondary N) is 1. The maximum Gasteiger partial charge on any atom is 0.148 e. The lowest BCUT2D eigenvalue weighted by molar-refractivity contribution is 0.293. The zero-order chi connectivity index (χ0) is 14.8. The van der Waals surface area contributed by atoms with Gasteiger partial charge in [0.2, 0.25) is 0 Å². The third-order valence-corrected chi connectivity index (χ3v) is 5.78. The van der Waals surface area contributed by atoms with Crippen LogP contribution in [0.1, 0.15) is 37.6 Å². The van der Waals surface area contributed by atoms with Crippen LogP contribution in [0.15, 0.2) is 5.38 Å². The number of aryl methyl sites for hydroxylation is 1. The number of hydrogen-bond acceptors (Lipinski definition) is 6. The van der Waals surface area contributed by atoms with E-state index >= 15 is 0 Å². The molecule has 3 N–H and O–H groups in total. The predicted octanol–water partition coefficient (Wildman–Crippen LogP) is 4.40. The summed E-state index contributed by atoms with van der Waals surface area (Å²) in [6.45, 7) is 5.39. The molecule has 0 aliphatic heterocycles. The summed E-state index contributed by atoms with van der Waals surface area (Å²) in [4.78, 5) is 4.55. The smallest absolute Gasteiger partial charge is 0.148 e. The fourth-order valence-corrected chi connectivity index (χ4v) is 4.46. The Morgan fingerprint density at radius 3 is 3.00 bits per heavy atom. The van der Waals surface area contributed by atoms with Crippen molar-refractivity contribution >= 4 is 33.7 Å². The molecule has 1 aliphatic rings. The molecule has 3 rings (SSSR count). The first kappa shape index (κ1) is 14.8. The second kappa shape index (κ2) is 6.32. The van der Waals surface area contributed by atoms with Crippen molar-refractivity contribution in [2.75, 3.05) is 17.6 Å². The molecular weight excluding hydrogens is 300 g/mol. The fourth-order valence-electron chi connectivity index (χ4n) is 3.13. The van der Waals surface area contributed by atoms with Gasteiger partial charge in [0, 0.05) is 11.9 Å². The summed E-state index contributed by atoms with van der Waals surface area (Å²) in [5, 5.41) is 7.76. The highest BCUT2D eigenvalue weighted by molar-refractivity contribution is 7.11. The first-order valence-corrected chi connectivity index (χ1v) is 9.20. The maximum absolute atomic E-state index is 6.04. The summed E-state index contributed by atoms with van der Waals surface area (Å²) >= 11 is 3.10. The monoisotopic (exact) mass is 322 g/mol. The highest BCUT2D eigenvalue weighted by Crippen LogP contribution is 2.38. The third kappa shape index (κ3) is 3.37. The summed E-state index contributed by atoms with van der Waals surface area (Å²) in [5.74, 6) is 2.21. The van der Waals surface area contributed by atoms with E-state index in [-0.39, 0.29) is 0 Å². The van der Waals surface area contributed by atoms with Crippen molar-refractivity contribution in [2.24, 2.45) is 11.8 Å². The Bertz CT molecular complexity index is 605. The van der Waals surface area contributed by atoms with Crippen LogP contribution in [-0.4, -0.2) is 15.9 Å². The Morgan fingerprint density at radius 1 is 1.43 bits per heavy atom. The van der Waals surface area contributed by atoms with E-state index in [0.29, 0.717) is 5.82 Å². The lowest BCUT2D eigenvalue weighted by Crippen LogP contribution is -2.20. The number of hydrogen-bond donors (Lipinski definition) is 2. The van der Waals surface area contributed by atoms with Crippen molar-refractivity contribution in [3.8, 4) is 11.3 Å². The molecule has 0 saturated heterocycles. The van der Waals surface area contributed by atoms with Gasteiger partial charge in [-0.15, -0.1) is 11.3 Å². The largest absolute Gasteiger partial charge is 0.382 e. The van der Waals surface area contributed by atoms with E-state index in [2.05, 4.69) is 27.0 Å². The van der Waals surface area contributed by atoms with E-state index in [1.165, 1.54) is 37.2 Å². The van der Waals surface area contributed by atoms with E-state index in [1.54, 1.807) is 11.3 Å². The van der Waals surface area contributed by atoms with Crippen LogP contribution in [0.5, 0.6) is 0 Å². The maximum atomic E-state index is 6.04. The molecule has 0 aromatic carbocycles. The third-order valence-electron chi connectivity index (χ3n) is 4.19. The van der Waals surface area contributed by atoms with Crippen molar-refractivity contribution in [3.05, 3.63) is 10.4 Å². The molecule has 1 fully saturated rings. The van der Waals surface area contributed by atoms with Gasteiger partial charge < -0.3 is 11.1 Å². The molecule has 2 atom stereocenters. The summed E-state index contributed by atoms with van der Waals surface area (Å²) in [6, 6.07) is 0. The minimum atomic E-state index is 0.588. The normalized spacial score (nSPS) is 22.4. The SMILES string of the molecule is Cc1nc(-c2c(N)nsc2NCC2CCCC(C)C2)cs1. The lowest BCUT2D eigenvalue weighted by Gasteiger charge is -2.26. The van der Waals surface area contributed by atoms with Crippen LogP contribution in [0.4, 0.5) is 10.8 Å². The Kier molecular flexibility index (Phi) is 4.45. The highest BCUT2D eigenvalue weighted by Gasteiger charge is 2.21. The van der Waals surface area contributed by atoms with Gasteiger partial charge in [-0.05, 0) is 43.1 Å². The van der Waals surface area contributed by atoms with Crippen molar-refractivity contribution in [3.63, 3.8) is 0 Å². The van der Waals surface area contributed by atoms with Gasteiger partial charge in [0.1, 0.15) is 10.8 Å². The standard InChI is InChI=1S/C15H22N4S2/c1-9-4-3-5-11(6-9)7-17-15-13(14(16)19-21-15)12-8-20-10(2)18-12/h8-9,11,17H,3-7H2,1-2H3,(H2,16,19). The first-order valence-electron chi connectivity index (χ1n) is 7.55. The molecule has 21 heavy (non-hydrogen) atoms. The molecule has 2 aromatic rings. The van der Waals surface area contributed by atoms with Crippen LogP contribution in [-0.2, 0) is 0 Å². The highest BCUT2D eigenvalue weighted by atomic mass is 32.1. The zero-order valence-corrected chi connectivity index (χ0v) is 14.2. The molecule has 0 amide bonds. The van der Waals surface area contributed by atoms with Crippen LogP contribution in [0.3, 0.4) is 0 Å². The summed E-state index contributed by atoms with van der Waals surface area (Å²) in [7, 11) is 0. The van der Waals surface area contributed by atoms with Crippen LogP contribution < -0.4 is 11.1 Å². The molecule has 6 heteroatoms. The number of nitrogen functional groups attached to an aromatic ring is 1. The molecule has 2 aromatic heterocycles. The number of rotatable bonds is 4. The van der Waals surface area contributed by atoms with Crippen LogP contribution >= 0.6 is 22.9 Å². The van der Waals surface area contributed by atoms with Crippen molar-refractivity contribution in [2.45, 2.75) is 39.5 Å². The first-order chi connectivity index (χ1) is 10.1. The van der Waals surface area contributed by atoms with E-state index < -0.39 is 0 Å². The zero-order valence-electron chi connectivity index (χ0n) is 12.6. The molecule has 4 nitrogen and oxygen atoms in total. The van der Waals surface area contributed by atoms with Gasteiger partial charge in [0.25, 0.3) is 0 Å². The number of nitrogens with two attached hydrogens (primary N) is 1. The summed E-state index contributed by atoms with van der Waals surface area (Å²) in [6.07, 6.45) is 5.40. The average Bonchev–Trinajstić information content (AvgIpc) is 3.02. The summed E-state index contributed by atoms with van der Waals surface area (Å²) in [5.41, 5.74) is 7.96. The number of aromatic nitrogens is 2. The Hall–Kier alpha value is -1.14. The van der Waals surface area contributed by atoms with E-state index in [4.69, 9.17) is 5.73 Å². The summed E-state index contributed by atoms with van der Waals surface area (Å²) < 4.78 is 4.30. The lowest BCUT2D eigenvalue weighted by atomic mass is 9.82. The number of anilines is 2. The van der Waals surface area contributed by atoms with Gasteiger partial charge >= 0.3 is 0 Å². The van der Waals surface area contributed by atoms with E-state index in [0.717, 1.165) is 39.6 Å². The Morgan fingerprint density at radius 2 is 2.29 bits per heavy atom. The van der Waals surface area contributed by atoms with Crippen molar-refractivity contribution in [1.29, 1.82) is 0 Å². The van der Waals surface area contributed by atoms with Crippen LogP contribution in [0.25, 0.3) is 11.3 Å². The number of thiazole rings is 1. The number of nitrogens with zero attached hydrogens (tertiary/aromatic N) is 2. The van der Waals surface area contributed by atoms with Crippen molar-refractivity contribution < 1.29 is 0 Å². The topological polar surface area (TPSA) is 63.8 Å². The van der Waals surface area contributed by atoms with Gasteiger partial charge in [-0.1, -0.05) is 19.8 Å². The van der Waals surface area contributed by atoms with Gasteiger partial charge in [-0.2, -0.15) is 4.37 Å². The molecule has 0 bridgehead atoms. The fraction of sp³-hybridized carbons (Fsp3) is 0.600.